The molecule has 8 heteroatoms. The molecule has 0 N–H and O–H groups in total. The number of carbonyl (C=O) groups is 2. The highest BCUT2D eigenvalue weighted by Crippen LogP contribution is 2.39. The van der Waals surface area contributed by atoms with Gasteiger partial charge in [0, 0.05) is 37.0 Å². The Hall–Kier alpha value is -2.19. The van der Waals surface area contributed by atoms with Crippen molar-refractivity contribution in [3.05, 3.63) is 35.4 Å². The highest BCUT2D eigenvalue weighted by molar-refractivity contribution is 7.89. The number of benzene rings is 1. The zero-order valence-corrected chi connectivity index (χ0v) is 18.2. The minimum absolute atomic E-state index is 0.136. The number of rotatable bonds is 5. The number of likely N-dealkylation sites (N-methyl/N-ethyl adjacent to an activating group) is 1. The first-order chi connectivity index (χ1) is 13.6. The maximum Gasteiger partial charge on any atom is 0.308 e. The molecule has 3 rings (SSSR count). The number of fused-ring (bicyclic) bond motifs is 1. The lowest BCUT2D eigenvalue weighted by atomic mass is 9.88. The molecule has 0 amide bonds. The van der Waals surface area contributed by atoms with Crippen LogP contribution < -0.4 is 4.90 Å². The predicted octanol–water partition coefficient (Wildman–Crippen LogP) is 2.33. The van der Waals surface area contributed by atoms with Crippen molar-refractivity contribution < 1.29 is 22.7 Å². The SMILES string of the molecule is COC(=O)C1CCN(S(=O)(=O)CC2=CC(C)(C)N(C)c3ccc(C=O)cc32)CC1. The molecule has 0 bridgehead atoms. The number of piperidine rings is 1. The van der Waals surface area contributed by atoms with Crippen molar-refractivity contribution >= 4 is 33.5 Å². The molecular formula is C21H28N2O5S. The molecule has 1 saturated heterocycles. The molecule has 0 aliphatic carbocycles. The van der Waals surface area contributed by atoms with Gasteiger partial charge >= 0.3 is 5.97 Å². The van der Waals surface area contributed by atoms with Crippen LogP contribution in [-0.4, -0.2) is 63.5 Å². The molecule has 0 unspecified atom stereocenters. The number of esters is 1. The number of methoxy groups -OCH3 is 1. The van der Waals surface area contributed by atoms with Gasteiger partial charge in [-0.2, -0.15) is 0 Å². The molecule has 0 saturated carbocycles. The van der Waals surface area contributed by atoms with E-state index in [1.54, 1.807) is 12.1 Å². The Labute approximate surface area is 172 Å². The molecule has 2 heterocycles. The Morgan fingerprint density at radius 3 is 2.52 bits per heavy atom. The van der Waals surface area contributed by atoms with Crippen molar-refractivity contribution in [1.82, 2.24) is 4.31 Å². The molecule has 1 fully saturated rings. The van der Waals surface area contributed by atoms with Gasteiger partial charge in [-0.25, -0.2) is 12.7 Å². The van der Waals surface area contributed by atoms with Gasteiger partial charge in [-0.3, -0.25) is 9.59 Å². The van der Waals surface area contributed by atoms with E-state index in [1.165, 1.54) is 11.4 Å². The van der Waals surface area contributed by atoms with E-state index in [4.69, 9.17) is 4.74 Å². The minimum atomic E-state index is -3.56. The van der Waals surface area contributed by atoms with Crippen LogP contribution in [0.4, 0.5) is 5.69 Å². The van der Waals surface area contributed by atoms with Crippen LogP contribution in [0.5, 0.6) is 0 Å². The van der Waals surface area contributed by atoms with E-state index in [0.29, 0.717) is 37.1 Å². The minimum Gasteiger partial charge on any atom is -0.469 e. The molecule has 1 aromatic carbocycles. The smallest absolute Gasteiger partial charge is 0.308 e. The Morgan fingerprint density at radius 1 is 1.28 bits per heavy atom. The first-order valence-electron chi connectivity index (χ1n) is 9.70. The van der Waals surface area contributed by atoms with Gasteiger partial charge in [0.15, 0.2) is 0 Å². The number of ether oxygens (including phenoxy) is 1. The van der Waals surface area contributed by atoms with Gasteiger partial charge in [-0.1, -0.05) is 6.08 Å². The molecule has 7 nitrogen and oxygen atoms in total. The summed E-state index contributed by atoms with van der Waals surface area (Å²) in [5.41, 5.74) is 2.52. The number of hydrogen-bond acceptors (Lipinski definition) is 6. The molecule has 29 heavy (non-hydrogen) atoms. The highest BCUT2D eigenvalue weighted by Gasteiger charge is 2.35. The summed E-state index contributed by atoms with van der Waals surface area (Å²) in [5.74, 6) is -0.663. The maximum atomic E-state index is 13.1. The van der Waals surface area contributed by atoms with E-state index in [2.05, 4.69) is 4.90 Å². The van der Waals surface area contributed by atoms with Gasteiger partial charge in [-0.15, -0.1) is 0 Å². The molecule has 0 spiro atoms. The fourth-order valence-electron chi connectivity index (χ4n) is 4.03. The number of anilines is 1. The van der Waals surface area contributed by atoms with E-state index in [1.807, 2.05) is 33.0 Å². The van der Waals surface area contributed by atoms with Crippen LogP contribution in [0.15, 0.2) is 24.3 Å². The van der Waals surface area contributed by atoms with Crippen molar-refractivity contribution in [2.45, 2.75) is 32.2 Å². The Morgan fingerprint density at radius 2 is 1.93 bits per heavy atom. The monoisotopic (exact) mass is 420 g/mol. The fourth-order valence-corrected chi connectivity index (χ4v) is 5.61. The average Bonchev–Trinajstić information content (AvgIpc) is 2.70. The van der Waals surface area contributed by atoms with E-state index in [-0.39, 0.29) is 23.2 Å². The largest absolute Gasteiger partial charge is 0.469 e. The van der Waals surface area contributed by atoms with Crippen LogP contribution in [0.1, 0.15) is 42.6 Å². The third kappa shape index (κ3) is 4.23. The van der Waals surface area contributed by atoms with Gasteiger partial charge in [0.2, 0.25) is 10.0 Å². The summed E-state index contributed by atoms with van der Waals surface area (Å²) in [4.78, 5) is 25.0. The van der Waals surface area contributed by atoms with Crippen LogP contribution in [-0.2, 0) is 19.6 Å². The van der Waals surface area contributed by atoms with E-state index in [9.17, 15) is 18.0 Å². The number of hydrogen-bond donors (Lipinski definition) is 0. The third-order valence-corrected chi connectivity index (χ3v) is 7.80. The second kappa shape index (κ2) is 7.91. The summed E-state index contributed by atoms with van der Waals surface area (Å²) in [6, 6.07) is 5.36. The molecule has 0 aromatic heterocycles. The average molecular weight is 421 g/mol. The zero-order valence-electron chi connectivity index (χ0n) is 17.3. The van der Waals surface area contributed by atoms with E-state index in [0.717, 1.165) is 17.5 Å². The fraction of sp³-hybridized carbons (Fsp3) is 0.524. The second-order valence-electron chi connectivity index (χ2n) is 8.23. The zero-order chi connectivity index (χ0) is 21.4. The summed E-state index contributed by atoms with van der Waals surface area (Å²) in [5, 5.41) is 0. The Bertz CT molecular complexity index is 944. The van der Waals surface area contributed by atoms with Crippen LogP contribution in [0.3, 0.4) is 0 Å². The van der Waals surface area contributed by atoms with E-state index >= 15 is 0 Å². The first-order valence-corrected chi connectivity index (χ1v) is 11.3. The quantitative estimate of drug-likeness (QED) is 0.537. The molecule has 2 aliphatic heterocycles. The Kier molecular flexibility index (Phi) is 5.87. The topological polar surface area (TPSA) is 84.0 Å². The predicted molar refractivity (Wildman–Crippen MR) is 112 cm³/mol. The van der Waals surface area contributed by atoms with Gasteiger partial charge < -0.3 is 9.64 Å². The number of carbonyl (C=O) groups excluding carboxylic acids is 2. The summed E-state index contributed by atoms with van der Waals surface area (Å²) >= 11 is 0. The maximum absolute atomic E-state index is 13.1. The van der Waals surface area contributed by atoms with Crippen LogP contribution in [0, 0.1) is 5.92 Å². The molecule has 0 radical (unpaired) electrons. The van der Waals surface area contributed by atoms with Gasteiger partial charge in [0.25, 0.3) is 0 Å². The van der Waals surface area contributed by atoms with E-state index < -0.39 is 10.0 Å². The normalized spacial score (nSPS) is 20.0. The van der Waals surface area contributed by atoms with Crippen molar-refractivity contribution in [2.24, 2.45) is 5.92 Å². The lowest BCUT2D eigenvalue weighted by molar-refractivity contribution is -0.146. The standard InChI is InChI=1S/C21H28N2O5S/c1-21(2)12-17(18-11-15(13-24)5-6-19(18)22(21)3)14-29(26,27)23-9-7-16(8-10-23)20(25)28-4/h5-6,11-13,16H,7-10,14H2,1-4H3. The highest BCUT2D eigenvalue weighted by atomic mass is 32.2. The van der Waals surface area contributed by atoms with Gasteiger partial charge in [-0.05, 0) is 50.5 Å². The lowest BCUT2D eigenvalue weighted by Crippen LogP contribution is -2.44. The van der Waals surface area contributed by atoms with Crippen LogP contribution in [0.2, 0.25) is 0 Å². The summed E-state index contributed by atoms with van der Waals surface area (Å²) in [6.07, 6.45) is 3.66. The third-order valence-electron chi connectivity index (χ3n) is 5.98. The second-order valence-corrected chi connectivity index (χ2v) is 10.2. The van der Waals surface area contributed by atoms with Gasteiger partial charge in [0.1, 0.15) is 6.29 Å². The molecule has 1 aromatic rings. The molecule has 2 aliphatic rings. The molecule has 158 valence electrons. The first kappa shape index (κ1) is 21.5. The Balaban J connectivity index is 1.87. The number of sulfonamides is 1. The van der Waals surface area contributed by atoms with Gasteiger partial charge in [0.05, 0.1) is 24.3 Å². The number of aldehydes is 1. The van der Waals surface area contributed by atoms with Crippen LogP contribution in [0.25, 0.3) is 5.57 Å². The van der Waals surface area contributed by atoms with Crippen molar-refractivity contribution in [3.63, 3.8) is 0 Å². The summed E-state index contributed by atoms with van der Waals surface area (Å²) < 4.78 is 32.5. The van der Waals surface area contributed by atoms with Crippen molar-refractivity contribution in [3.8, 4) is 0 Å². The van der Waals surface area contributed by atoms with Crippen molar-refractivity contribution in [2.75, 3.05) is 37.9 Å². The molecule has 0 atom stereocenters. The summed E-state index contributed by atoms with van der Waals surface area (Å²) in [7, 11) is -0.254. The van der Waals surface area contributed by atoms with Crippen molar-refractivity contribution in [1.29, 1.82) is 0 Å². The molecular weight excluding hydrogens is 392 g/mol. The summed E-state index contributed by atoms with van der Waals surface area (Å²) in [6.45, 7) is 4.66. The lowest BCUT2D eigenvalue weighted by Gasteiger charge is -2.41. The van der Waals surface area contributed by atoms with Crippen LogP contribution >= 0.6 is 0 Å². The number of nitrogens with zero attached hydrogens (tertiary/aromatic N) is 2.